The number of unbranched alkanes of at least 4 members (excludes halogenated alkanes) is 3. The summed E-state index contributed by atoms with van der Waals surface area (Å²) < 4.78 is 37.8. The topological polar surface area (TPSA) is 107 Å². The molecule has 1 atom stereocenters. The zero-order valence-electron chi connectivity index (χ0n) is 14.3. The predicted molar refractivity (Wildman–Crippen MR) is 85.6 cm³/mol. The Bertz CT molecular complexity index is 586. The Morgan fingerprint density at radius 2 is 2.12 bits per heavy atom. The Hall–Kier alpha value is -2.43. The van der Waals surface area contributed by atoms with Gasteiger partial charge in [0.2, 0.25) is 18.3 Å². The summed E-state index contributed by atoms with van der Waals surface area (Å²) in [5, 5.41) is 9.66. The number of nitrogens with one attached hydrogen (secondary N) is 2. The van der Waals surface area contributed by atoms with Crippen molar-refractivity contribution in [3.05, 3.63) is 18.0 Å². The zero-order chi connectivity index (χ0) is 19.6. The van der Waals surface area contributed by atoms with Crippen molar-refractivity contribution in [1.29, 1.82) is 0 Å². The number of hydroxylamine groups is 2. The van der Waals surface area contributed by atoms with Crippen LogP contribution in [0.1, 0.15) is 44.7 Å². The third-order valence-electron chi connectivity index (χ3n) is 3.55. The smallest absolute Gasteiger partial charge is 0.286 e. The van der Waals surface area contributed by atoms with Crippen LogP contribution >= 0.6 is 0 Å². The Morgan fingerprint density at radius 3 is 2.73 bits per heavy atom. The first kappa shape index (κ1) is 21.6. The second-order valence-corrected chi connectivity index (χ2v) is 5.65. The van der Waals surface area contributed by atoms with Crippen molar-refractivity contribution >= 4 is 18.3 Å². The molecule has 8 nitrogen and oxygen atoms in total. The van der Waals surface area contributed by atoms with Gasteiger partial charge in [0.25, 0.3) is 0 Å². The third-order valence-corrected chi connectivity index (χ3v) is 3.55. The molecule has 0 fully saturated rings. The van der Waals surface area contributed by atoms with Crippen LogP contribution in [0.5, 0.6) is 0 Å². The number of hydrogen-bond donors (Lipinski definition) is 3. The maximum atomic E-state index is 12.6. The van der Waals surface area contributed by atoms with E-state index in [1.165, 1.54) is 0 Å². The minimum atomic E-state index is -4.63. The molecule has 0 bridgehead atoms. The van der Waals surface area contributed by atoms with Gasteiger partial charge in [-0.2, -0.15) is 13.2 Å². The summed E-state index contributed by atoms with van der Waals surface area (Å²) in [6.07, 6.45) is 0.445. The van der Waals surface area contributed by atoms with Crippen LogP contribution in [0.2, 0.25) is 0 Å². The molecule has 0 aromatic carbocycles. The molecule has 1 aromatic heterocycles. The average molecular weight is 377 g/mol. The SMILES string of the molecule is CCCCCC[C@H](CN(O)C=O)C(=O)NNc1nccc(C(F)(F)F)n1. The Morgan fingerprint density at radius 1 is 1.38 bits per heavy atom. The summed E-state index contributed by atoms with van der Waals surface area (Å²) in [4.78, 5) is 29.6. The Kier molecular flexibility index (Phi) is 8.76. The highest BCUT2D eigenvalue weighted by molar-refractivity contribution is 5.80. The number of amides is 2. The van der Waals surface area contributed by atoms with Crippen LogP contribution in [0.4, 0.5) is 19.1 Å². The van der Waals surface area contributed by atoms with E-state index in [1.807, 2.05) is 6.92 Å². The van der Waals surface area contributed by atoms with Gasteiger partial charge in [0.15, 0.2) is 0 Å². The van der Waals surface area contributed by atoms with Crippen LogP contribution in [0, 0.1) is 5.92 Å². The lowest BCUT2D eigenvalue weighted by atomic mass is 10.00. The number of halogens is 3. The maximum Gasteiger partial charge on any atom is 0.433 e. The highest BCUT2D eigenvalue weighted by Gasteiger charge is 2.32. The first-order valence-corrected chi connectivity index (χ1v) is 8.14. The van der Waals surface area contributed by atoms with E-state index in [0.29, 0.717) is 24.0 Å². The third kappa shape index (κ3) is 7.64. The van der Waals surface area contributed by atoms with E-state index >= 15 is 0 Å². The molecular weight excluding hydrogens is 355 g/mol. The molecule has 0 spiro atoms. The minimum Gasteiger partial charge on any atom is -0.286 e. The standard InChI is InChI=1S/C15H22F3N5O3/c1-2-3-4-5-6-11(9-23(26)10-24)13(25)21-22-14-19-8-7-12(20-14)15(16,17)18/h7-8,10-11,26H,2-6,9H2,1H3,(H,21,25)(H,19,20,22)/t11-/m1/s1. The lowest BCUT2D eigenvalue weighted by Crippen LogP contribution is -2.40. The molecule has 3 N–H and O–H groups in total. The number of hydrazine groups is 1. The zero-order valence-corrected chi connectivity index (χ0v) is 14.3. The van der Waals surface area contributed by atoms with E-state index in [4.69, 9.17) is 0 Å². The molecule has 146 valence electrons. The molecule has 26 heavy (non-hydrogen) atoms. The number of alkyl halides is 3. The van der Waals surface area contributed by atoms with Gasteiger partial charge in [0, 0.05) is 6.20 Å². The average Bonchev–Trinajstić information content (AvgIpc) is 2.61. The van der Waals surface area contributed by atoms with Crippen molar-refractivity contribution in [3.8, 4) is 0 Å². The van der Waals surface area contributed by atoms with E-state index in [2.05, 4.69) is 20.8 Å². The predicted octanol–water partition coefficient (Wildman–Crippen LogP) is 2.37. The van der Waals surface area contributed by atoms with Crippen LogP contribution < -0.4 is 10.9 Å². The van der Waals surface area contributed by atoms with E-state index in [1.54, 1.807) is 0 Å². The Labute approximate surface area is 148 Å². The van der Waals surface area contributed by atoms with Crippen LogP contribution in [0.15, 0.2) is 12.3 Å². The molecule has 0 aliphatic rings. The van der Waals surface area contributed by atoms with Crippen molar-refractivity contribution in [3.63, 3.8) is 0 Å². The van der Waals surface area contributed by atoms with Crippen LogP contribution in [-0.2, 0) is 15.8 Å². The fraction of sp³-hybridized carbons (Fsp3) is 0.600. The molecule has 0 saturated heterocycles. The number of nitrogens with zero attached hydrogens (tertiary/aromatic N) is 3. The van der Waals surface area contributed by atoms with Gasteiger partial charge < -0.3 is 0 Å². The van der Waals surface area contributed by atoms with Crippen LogP contribution in [-0.4, -0.2) is 39.1 Å². The van der Waals surface area contributed by atoms with Gasteiger partial charge in [0.1, 0.15) is 5.69 Å². The lowest BCUT2D eigenvalue weighted by Gasteiger charge is -2.19. The van der Waals surface area contributed by atoms with Crippen LogP contribution in [0.25, 0.3) is 0 Å². The van der Waals surface area contributed by atoms with Gasteiger partial charge in [-0.25, -0.2) is 15.0 Å². The van der Waals surface area contributed by atoms with Gasteiger partial charge in [0.05, 0.1) is 12.5 Å². The lowest BCUT2D eigenvalue weighted by molar-refractivity contribution is -0.154. The molecule has 0 unspecified atom stereocenters. The molecule has 0 radical (unpaired) electrons. The normalized spacial score (nSPS) is 12.3. The highest BCUT2D eigenvalue weighted by Crippen LogP contribution is 2.27. The van der Waals surface area contributed by atoms with Crippen molar-refractivity contribution in [2.75, 3.05) is 12.0 Å². The van der Waals surface area contributed by atoms with E-state index in [0.717, 1.165) is 25.5 Å². The molecule has 0 aliphatic carbocycles. The summed E-state index contributed by atoms with van der Waals surface area (Å²) in [6, 6.07) is 0.706. The van der Waals surface area contributed by atoms with Crippen molar-refractivity contribution in [2.24, 2.45) is 5.92 Å². The summed E-state index contributed by atoms with van der Waals surface area (Å²) in [5.41, 5.74) is 3.28. The number of carbonyl (C=O) groups excluding carboxylic acids is 2. The summed E-state index contributed by atoms with van der Waals surface area (Å²) in [7, 11) is 0. The number of anilines is 1. The van der Waals surface area contributed by atoms with Gasteiger partial charge in [-0.3, -0.25) is 25.6 Å². The van der Waals surface area contributed by atoms with Gasteiger partial charge in [-0.1, -0.05) is 32.6 Å². The van der Waals surface area contributed by atoms with E-state index in [9.17, 15) is 28.0 Å². The molecule has 1 rings (SSSR count). The Balaban J connectivity index is 2.65. The monoisotopic (exact) mass is 377 g/mol. The van der Waals surface area contributed by atoms with Gasteiger partial charge >= 0.3 is 6.18 Å². The molecular formula is C15H22F3N5O3. The number of aromatic nitrogens is 2. The van der Waals surface area contributed by atoms with Gasteiger partial charge in [-0.15, -0.1) is 0 Å². The quantitative estimate of drug-likeness (QED) is 0.237. The highest BCUT2D eigenvalue weighted by atomic mass is 19.4. The number of hydrogen-bond acceptors (Lipinski definition) is 6. The molecule has 1 heterocycles. The second kappa shape index (κ2) is 10.5. The molecule has 2 amide bonds. The van der Waals surface area contributed by atoms with Gasteiger partial charge in [-0.05, 0) is 12.5 Å². The fourth-order valence-corrected chi connectivity index (χ4v) is 2.19. The summed E-state index contributed by atoms with van der Waals surface area (Å²) in [6.45, 7) is 1.80. The molecule has 11 heteroatoms. The second-order valence-electron chi connectivity index (χ2n) is 5.65. The summed E-state index contributed by atoms with van der Waals surface area (Å²) in [5.74, 6) is -1.75. The van der Waals surface area contributed by atoms with E-state index in [-0.39, 0.29) is 13.0 Å². The molecule has 0 saturated carbocycles. The first-order valence-electron chi connectivity index (χ1n) is 8.14. The van der Waals surface area contributed by atoms with Crippen molar-refractivity contribution in [1.82, 2.24) is 20.5 Å². The molecule has 1 aromatic rings. The van der Waals surface area contributed by atoms with E-state index < -0.39 is 29.6 Å². The minimum absolute atomic E-state index is 0.176. The fourth-order valence-electron chi connectivity index (χ4n) is 2.19. The van der Waals surface area contributed by atoms with Crippen LogP contribution in [0.3, 0.4) is 0 Å². The molecule has 0 aliphatic heterocycles. The van der Waals surface area contributed by atoms with Crippen molar-refractivity contribution in [2.45, 2.75) is 45.2 Å². The number of rotatable bonds is 11. The largest absolute Gasteiger partial charge is 0.433 e. The van der Waals surface area contributed by atoms with Crippen molar-refractivity contribution < 1.29 is 28.0 Å². The maximum absolute atomic E-state index is 12.6. The first-order chi connectivity index (χ1) is 12.3. The summed E-state index contributed by atoms with van der Waals surface area (Å²) >= 11 is 0. The number of carbonyl (C=O) groups is 2.